The van der Waals surface area contributed by atoms with Gasteiger partial charge in [0.25, 0.3) is 0 Å². The minimum atomic E-state index is -0.671. The number of carbonyl (C=O) groups excluding carboxylic acids is 1. The number of nitrogens with two attached hydrogens (primary N) is 1. The summed E-state index contributed by atoms with van der Waals surface area (Å²) in [5, 5.41) is 0. The highest BCUT2D eigenvalue weighted by Crippen LogP contribution is 2.39. The predicted octanol–water partition coefficient (Wildman–Crippen LogP) is 2.31. The van der Waals surface area contributed by atoms with E-state index in [2.05, 4.69) is 0 Å². The molecule has 2 rings (SSSR count). The molecular formula is C13H17NO. The second kappa shape index (κ2) is 3.46. The van der Waals surface area contributed by atoms with Crippen molar-refractivity contribution in [1.82, 2.24) is 0 Å². The first kappa shape index (κ1) is 10.4. The zero-order valence-electron chi connectivity index (χ0n) is 9.29. The molecule has 0 saturated heterocycles. The van der Waals surface area contributed by atoms with E-state index in [1.807, 2.05) is 38.1 Å². The largest absolute Gasteiger partial charge is 0.319 e. The molecule has 2 heteroatoms. The smallest absolute Gasteiger partial charge is 0.182 e. The summed E-state index contributed by atoms with van der Waals surface area (Å²) in [7, 11) is 0. The van der Waals surface area contributed by atoms with Crippen LogP contribution < -0.4 is 5.73 Å². The summed E-state index contributed by atoms with van der Waals surface area (Å²) < 4.78 is 0. The Morgan fingerprint density at radius 2 is 1.87 bits per heavy atom. The van der Waals surface area contributed by atoms with Crippen molar-refractivity contribution in [2.75, 3.05) is 0 Å². The number of aryl methyl sites for hydroxylation is 1. The molecule has 0 heterocycles. The minimum absolute atomic E-state index is 0.0741. The van der Waals surface area contributed by atoms with Gasteiger partial charge in [0, 0.05) is 5.56 Å². The summed E-state index contributed by atoms with van der Waals surface area (Å²) >= 11 is 0. The van der Waals surface area contributed by atoms with Crippen LogP contribution in [0.2, 0.25) is 0 Å². The first-order chi connectivity index (χ1) is 7.01. The van der Waals surface area contributed by atoms with E-state index in [0.717, 1.165) is 24.0 Å². The Morgan fingerprint density at radius 1 is 1.33 bits per heavy atom. The van der Waals surface area contributed by atoms with E-state index in [-0.39, 0.29) is 5.78 Å². The predicted molar refractivity (Wildman–Crippen MR) is 60.8 cm³/mol. The van der Waals surface area contributed by atoms with Gasteiger partial charge in [0.15, 0.2) is 5.78 Å². The molecular weight excluding hydrogens is 186 g/mol. The molecule has 0 spiro atoms. The molecule has 0 bridgehead atoms. The summed E-state index contributed by atoms with van der Waals surface area (Å²) in [4.78, 5) is 12.1. The van der Waals surface area contributed by atoms with Gasteiger partial charge < -0.3 is 5.73 Å². The highest BCUT2D eigenvalue weighted by atomic mass is 16.1. The second-order valence-corrected chi connectivity index (χ2v) is 4.75. The number of carbonyl (C=O) groups is 1. The summed E-state index contributed by atoms with van der Waals surface area (Å²) in [5.74, 6) is 0.455. The maximum absolute atomic E-state index is 12.1. The third kappa shape index (κ3) is 1.95. The van der Waals surface area contributed by atoms with Crippen LogP contribution in [0.5, 0.6) is 0 Å². The topological polar surface area (TPSA) is 43.1 Å². The molecule has 15 heavy (non-hydrogen) atoms. The standard InChI is InChI=1S/C13H17NO/c1-9-3-5-10(6-4-9)12(15)13(2,14)11-7-8-11/h3-6,11H,7-8,14H2,1-2H3. The van der Waals surface area contributed by atoms with Gasteiger partial charge in [-0.2, -0.15) is 0 Å². The Labute approximate surface area is 90.5 Å². The first-order valence-electron chi connectivity index (χ1n) is 5.42. The van der Waals surface area contributed by atoms with Crippen molar-refractivity contribution < 1.29 is 4.79 Å². The molecule has 0 amide bonds. The van der Waals surface area contributed by atoms with Gasteiger partial charge in [-0.3, -0.25) is 4.79 Å². The molecule has 1 saturated carbocycles. The van der Waals surface area contributed by atoms with Crippen LogP contribution in [0.25, 0.3) is 0 Å². The zero-order valence-corrected chi connectivity index (χ0v) is 9.29. The molecule has 1 aromatic carbocycles. The van der Waals surface area contributed by atoms with Crippen LogP contribution in [0, 0.1) is 12.8 Å². The van der Waals surface area contributed by atoms with Crippen molar-refractivity contribution in [3.05, 3.63) is 35.4 Å². The Morgan fingerprint density at radius 3 is 2.33 bits per heavy atom. The Kier molecular flexibility index (Phi) is 2.39. The normalized spacial score (nSPS) is 19.7. The third-order valence-electron chi connectivity index (χ3n) is 3.23. The van der Waals surface area contributed by atoms with Gasteiger partial charge >= 0.3 is 0 Å². The fourth-order valence-corrected chi connectivity index (χ4v) is 1.88. The highest BCUT2D eigenvalue weighted by Gasteiger charge is 2.44. The lowest BCUT2D eigenvalue weighted by Gasteiger charge is -2.22. The van der Waals surface area contributed by atoms with Crippen molar-refractivity contribution >= 4 is 5.78 Å². The third-order valence-corrected chi connectivity index (χ3v) is 3.23. The minimum Gasteiger partial charge on any atom is -0.319 e. The molecule has 80 valence electrons. The van der Waals surface area contributed by atoms with E-state index in [9.17, 15) is 4.79 Å². The molecule has 1 atom stereocenters. The van der Waals surface area contributed by atoms with Gasteiger partial charge in [-0.1, -0.05) is 29.8 Å². The SMILES string of the molecule is Cc1ccc(C(=O)C(C)(N)C2CC2)cc1. The molecule has 0 radical (unpaired) electrons. The Balaban J connectivity index is 2.23. The van der Waals surface area contributed by atoms with Gasteiger partial charge in [-0.25, -0.2) is 0 Å². The van der Waals surface area contributed by atoms with Gasteiger partial charge in [0.05, 0.1) is 5.54 Å². The summed E-state index contributed by atoms with van der Waals surface area (Å²) in [6, 6.07) is 7.64. The molecule has 0 aromatic heterocycles. The summed E-state index contributed by atoms with van der Waals surface area (Å²) in [5.41, 5.74) is 7.31. The lowest BCUT2D eigenvalue weighted by atomic mass is 9.87. The lowest BCUT2D eigenvalue weighted by Crippen LogP contribution is -2.47. The number of hydrogen-bond donors (Lipinski definition) is 1. The fraction of sp³-hybridized carbons (Fsp3) is 0.462. The number of Topliss-reactive ketones (excluding diaryl/α,β-unsaturated/α-hetero) is 1. The van der Waals surface area contributed by atoms with Crippen LogP contribution in [0.15, 0.2) is 24.3 Å². The van der Waals surface area contributed by atoms with Crippen LogP contribution >= 0.6 is 0 Å². The van der Waals surface area contributed by atoms with E-state index in [1.54, 1.807) is 0 Å². The van der Waals surface area contributed by atoms with Crippen molar-refractivity contribution in [3.8, 4) is 0 Å². The van der Waals surface area contributed by atoms with Crippen LogP contribution in [0.3, 0.4) is 0 Å². The molecule has 1 fully saturated rings. The lowest BCUT2D eigenvalue weighted by molar-refractivity contribution is 0.0883. The Hall–Kier alpha value is -1.15. The van der Waals surface area contributed by atoms with Crippen LogP contribution in [-0.4, -0.2) is 11.3 Å². The quantitative estimate of drug-likeness (QED) is 0.766. The van der Waals surface area contributed by atoms with E-state index < -0.39 is 5.54 Å². The van der Waals surface area contributed by atoms with Gasteiger partial charge in [0.1, 0.15) is 0 Å². The molecule has 1 aliphatic carbocycles. The second-order valence-electron chi connectivity index (χ2n) is 4.75. The van der Waals surface area contributed by atoms with Crippen molar-refractivity contribution in [3.63, 3.8) is 0 Å². The molecule has 1 unspecified atom stereocenters. The maximum atomic E-state index is 12.1. The van der Waals surface area contributed by atoms with E-state index >= 15 is 0 Å². The highest BCUT2D eigenvalue weighted by molar-refractivity contribution is 6.03. The zero-order chi connectivity index (χ0) is 11.1. The van der Waals surface area contributed by atoms with Gasteiger partial charge in [0.2, 0.25) is 0 Å². The number of ketones is 1. The van der Waals surface area contributed by atoms with Gasteiger partial charge in [-0.05, 0) is 32.6 Å². The van der Waals surface area contributed by atoms with E-state index in [1.165, 1.54) is 0 Å². The maximum Gasteiger partial charge on any atom is 0.182 e. The molecule has 0 aliphatic heterocycles. The monoisotopic (exact) mass is 203 g/mol. The number of hydrogen-bond acceptors (Lipinski definition) is 2. The summed E-state index contributed by atoms with van der Waals surface area (Å²) in [6.07, 6.45) is 2.18. The van der Waals surface area contributed by atoms with Gasteiger partial charge in [-0.15, -0.1) is 0 Å². The molecule has 2 nitrogen and oxygen atoms in total. The van der Waals surface area contributed by atoms with E-state index in [4.69, 9.17) is 5.73 Å². The van der Waals surface area contributed by atoms with E-state index in [0.29, 0.717) is 5.92 Å². The van der Waals surface area contributed by atoms with Crippen LogP contribution in [0.4, 0.5) is 0 Å². The average Bonchev–Trinajstić information content (AvgIpc) is 3.01. The van der Waals surface area contributed by atoms with Crippen LogP contribution in [0.1, 0.15) is 35.7 Å². The average molecular weight is 203 g/mol. The van der Waals surface area contributed by atoms with Crippen molar-refractivity contribution in [2.24, 2.45) is 11.7 Å². The fourth-order valence-electron chi connectivity index (χ4n) is 1.88. The molecule has 2 N–H and O–H groups in total. The first-order valence-corrected chi connectivity index (χ1v) is 5.42. The number of rotatable bonds is 3. The van der Waals surface area contributed by atoms with Crippen LogP contribution in [-0.2, 0) is 0 Å². The number of benzene rings is 1. The Bertz CT molecular complexity index is 374. The summed E-state index contributed by atoms with van der Waals surface area (Å²) in [6.45, 7) is 3.86. The molecule has 1 aromatic rings. The van der Waals surface area contributed by atoms with Crippen molar-refractivity contribution in [2.45, 2.75) is 32.2 Å². The van der Waals surface area contributed by atoms with Crippen molar-refractivity contribution in [1.29, 1.82) is 0 Å². The molecule has 1 aliphatic rings.